The third-order valence-corrected chi connectivity index (χ3v) is 5.67. The number of nitrogens with zero attached hydrogens (tertiary/aromatic N) is 1. The molecule has 1 amide bonds. The first-order valence-corrected chi connectivity index (χ1v) is 11.2. The number of rotatable bonds is 8. The molecule has 0 aliphatic carbocycles. The second-order valence-electron chi connectivity index (χ2n) is 6.81. The van der Waals surface area contributed by atoms with Crippen LogP contribution in [0.25, 0.3) is 0 Å². The monoisotopic (exact) mass is 422 g/mol. The fourth-order valence-electron chi connectivity index (χ4n) is 2.96. The lowest BCUT2D eigenvalue weighted by atomic mass is 10.0. The second-order valence-corrected chi connectivity index (χ2v) is 8.79. The number of hydrogen-bond donors (Lipinski definition) is 1. The summed E-state index contributed by atoms with van der Waals surface area (Å²) in [6, 6.07) is 24.5. The Morgan fingerprint density at radius 3 is 2.03 bits per heavy atom. The maximum Gasteiger partial charge on any atom is 0.239 e. The second kappa shape index (κ2) is 9.47. The van der Waals surface area contributed by atoms with Crippen LogP contribution in [0.5, 0.6) is 0 Å². The van der Waals surface area contributed by atoms with E-state index in [-0.39, 0.29) is 18.9 Å². The Hall–Kier alpha value is -3.29. The fraction of sp³-hybridized carbons (Fsp3) is 0.130. The van der Waals surface area contributed by atoms with Gasteiger partial charge >= 0.3 is 0 Å². The molecule has 1 N–H and O–H groups in total. The van der Waals surface area contributed by atoms with E-state index in [0.29, 0.717) is 16.8 Å². The molecular weight excluding hydrogens is 400 g/mol. The van der Waals surface area contributed by atoms with E-state index in [0.717, 1.165) is 16.1 Å². The van der Waals surface area contributed by atoms with Crippen molar-refractivity contribution in [2.75, 3.05) is 18.1 Å². The highest BCUT2D eigenvalue weighted by Gasteiger charge is 2.22. The van der Waals surface area contributed by atoms with E-state index in [1.54, 1.807) is 72.8 Å². The van der Waals surface area contributed by atoms with Gasteiger partial charge in [0.15, 0.2) is 5.78 Å². The van der Waals surface area contributed by atoms with Crippen molar-refractivity contribution in [3.05, 3.63) is 102 Å². The van der Waals surface area contributed by atoms with Crippen LogP contribution in [-0.4, -0.2) is 37.2 Å². The van der Waals surface area contributed by atoms with Crippen LogP contribution in [0.1, 0.15) is 21.5 Å². The number of carbonyl (C=O) groups is 2. The maximum atomic E-state index is 12.8. The van der Waals surface area contributed by atoms with Crippen molar-refractivity contribution in [2.24, 2.45) is 0 Å². The van der Waals surface area contributed by atoms with E-state index in [1.165, 1.54) is 0 Å². The number of nitrogens with one attached hydrogen (secondary N) is 1. The average molecular weight is 423 g/mol. The number of anilines is 1. The van der Waals surface area contributed by atoms with Gasteiger partial charge in [0.2, 0.25) is 15.9 Å². The van der Waals surface area contributed by atoms with Gasteiger partial charge in [0.25, 0.3) is 0 Å². The zero-order valence-electron chi connectivity index (χ0n) is 16.5. The van der Waals surface area contributed by atoms with Gasteiger partial charge in [-0.2, -0.15) is 4.31 Å². The lowest BCUT2D eigenvalue weighted by Crippen LogP contribution is -2.37. The van der Waals surface area contributed by atoms with Gasteiger partial charge in [-0.25, -0.2) is 8.42 Å². The summed E-state index contributed by atoms with van der Waals surface area (Å²) in [6.45, 7) is -0.278. The van der Waals surface area contributed by atoms with Crippen LogP contribution in [0.3, 0.4) is 0 Å². The molecule has 0 unspecified atom stereocenters. The third-order valence-electron chi connectivity index (χ3n) is 4.47. The number of carbonyl (C=O) groups excluding carboxylic acids is 2. The largest absolute Gasteiger partial charge is 0.324 e. The van der Waals surface area contributed by atoms with Crippen LogP contribution in [0, 0.1) is 0 Å². The lowest BCUT2D eigenvalue weighted by Gasteiger charge is -2.20. The molecule has 3 rings (SSSR count). The van der Waals surface area contributed by atoms with Gasteiger partial charge < -0.3 is 5.32 Å². The molecule has 0 aliphatic rings. The molecule has 154 valence electrons. The normalized spacial score (nSPS) is 11.3. The van der Waals surface area contributed by atoms with Crippen LogP contribution in [0.15, 0.2) is 84.9 Å². The predicted molar refractivity (Wildman–Crippen MR) is 117 cm³/mol. The molecule has 0 aliphatic heterocycles. The van der Waals surface area contributed by atoms with Crippen LogP contribution in [-0.2, 0) is 21.4 Å². The zero-order chi connectivity index (χ0) is 21.6. The number of sulfonamides is 1. The molecule has 0 saturated carbocycles. The van der Waals surface area contributed by atoms with Crippen LogP contribution < -0.4 is 5.32 Å². The SMILES string of the molecule is CS(=O)(=O)N(CC(=O)Nc1ccccc1C(=O)c1ccccc1)Cc1ccccc1. The number of para-hydroxylation sites is 1. The highest BCUT2D eigenvalue weighted by molar-refractivity contribution is 7.88. The topological polar surface area (TPSA) is 83.6 Å². The van der Waals surface area contributed by atoms with E-state index >= 15 is 0 Å². The van der Waals surface area contributed by atoms with Gasteiger partial charge in [0.05, 0.1) is 18.5 Å². The lowest BCUT2D eigenvalue weighted by molar-refractivity contribution is -0.116. The Morgan fingerprint density at radius 1 is 0.833 bits per heavy atom. The first-order valence-electron chi connectivity index (χ1n) is 9.32. The Bertz CT molecular complexity index is 1130. The highest BCUT2D eigenvalue weighted by Crippen LogP contribution is 2.19. The summed E-state index contributed by atoms with van der Waals surface area (Å²) in [5.41, 5.74) is 1.95. The molecule has 0 atom stereocenters. The Morgan fingerprint density at radius 2 is 1.40 bits per heavy atom. The Kier molecular flexibility index (Phi) is 6.76. The van der Waals surface area contributed by atoms with E-state index in [1.807, 2.05) is 12.1 Å². The van der Waals surface area contributed by atoms with Gasteiger partial charge in [-0.15, -0.1) is 0 Å². The van der Waals surface area contributed by atoms with Gasteiger partial charge in [0, 0.05) is 17.7 Å². The van der Waals surface area contributed by atoms with Gasteiger partial charge in [-0.3, -0.25) is 9.59 Å². The molecule has 0 bridgehead atoms. The summed E-state index contributed by atoms with van der Waals surface area (Å²) in [7, 11) is -3.61. The summed E-state index contributed by atoms with van der Waals surface area (Å²) in [4.78, 5) is 25.5. The van der Waals surface area contributed by atoms with E-state index in [9.17, 15) is 18.0 Å². The van der Waals surface area contributed by atoms with Crippen molar-refractivity contribution in [2.45, 2.75) is 6.54 Å². The number of ketones is 1. The molecule has 0 radical (unpaired) electrons. The summed E-state index contributed by atoms with van der Waals surface area (Å²) in [5, 5.41) is 2.68. The fourth-order valence-corrected chi connectivity index (χ4v) is 3.70. The molecule has 0 fully saturated rings. The maximum absolute atomic E-state index is 12.8. The van der Waals surface area contributed by atoms with Crippen molar-refractivity contribution in [3.63, 3.8) is 0 Å². The van der Waals surface area contributed by atoms with Crippen molar-refractivity contribution in [1.82, 2.24) is 4.31 Å². The van der Waals surface area contributed by atoms with Gasteiger partial charge in [-0.05, 0) is 17.7 Å². The van der Waals surface area contributed by atoms with Crippen molar-refractivity contribution >= 4 is 27.4 Å². The number of amides is 1. The molecule has 6 nitrogen and oxygen atoms in total. The standard InChI is InChI=1S/C23H22N2O4S/c1-30(28,29)25(16-18-10-4-2-5-11-18)17-22(26)24-21-15-9-8-14-20(21)23(27)19-12-6-3-7-13-19/h2-15H,16-17H2,1H3,(H,24,26). The summed E-state index contributed by atoms with van der Waals surface area (Å²) < 4.78 is 25.4. The molecule has 0 heterocycles. The Labute approximate surface area is 176 Å². The predicted octanol–water partition coefficient (Wildman–Crippen LogP) is 3.32. The van der Waals surface area contributed by atoms with Crippen molar-refractivity contribution in [1.29, 1.82) is 0 Å². The molecule has 30 heavy (non-hydrogen) atoms. The van der Waals surface area contributed by atoms with E-state index in [4.69, 9.17) is 0 Å². The number of hydrogen-bond acceptors (Lipinski definition) is 4. The van der Waals surface area contributed by atoms with Crippen LogP contribution >= 0.6 is 0 Å². The number of benzene rings is 3. The summed E-state index contributed by atoms with van der Waals surface area (Å²) in [5.74, 6) is -0.750. The minimum absolute atomic E-state index is 0.0810. The molecule has 0 spiro atoms. The average Bonchev–Trinajstić information content (AvgIpc) is 2.74. The zero-order valence-corrected chi connectivity index (χ0v) is 17.3. The molecule has 0 saturated heterocycles. The van der Waals surface area contributed by atoms with Crippen LogP contribution in [0.2, 0.25) is 0 Å². The first-order chi connectivity index (χ1) is 14.3. The first kappa shape index (κ1) is 21.4. The smallest absolute Gasteiger partial charge is 0.239 e. The minimum atomic E-state index is -3.61. The molecule has 0 aromatic heterocycles. The Balaban J connectivity index is 1.77. The van der Waals surface area contributed by atoms with Crippen LogP contribution in [0.4, 0.5) is 5.69 Å². The van der Waals surface area contributed by atoms with E-state index < -0.39 is 15.9 Å². The summed E-state index contributed by atoms with van der Waals surface area (Å²) in [6.07, 6.45) is 1.07. The highest BCUT2D eigenvalue weighted by atomic mass is 32.2. The summed E-state index contributed by atoms with van der Waals surface area (Å²) >= 11 is 0. The van der Waals surface area contributed by atoms with E-state index in [2.05, 4.69) is 5.32 Å². The third kappa shape index (κ3) is 5.62. The van der Waals surface area contributed by atoms with Crippen molar-refractivity contribution < 1.29 is 18.0 Å². The quantitative estimate of drug-likeness (QED) is 0.565. The van der Waals surface area contributed by atoms with Gasteiger partial charge in [-0.1, -0.05) is 72.8 Å². The van der Waals surface area contributed by atoms with Crippen molar-refractivity contribution in [3.8, 4) is 0 Å². The molecular formula is C23H22N2O4S. The van der Waals surface area contributed by atoms with Gasteiger partial charge in [0.1, 0.15) is 0 Å². The molecule has 7 heteroatoms. The molecule has 3 aromatic rings. The molecule has 3 aromatic carbocycles. The minimum Gasteiger partial charge on any atom is -0.324 e.